The van der Waals surface area contributed by atoms with Gasteiger partial charge in [0.25, 0.3) is 0 Å². The fraction of sp³-hybridized carbons (Fsp3) is 0.923. The van der Waals surface area contributed by atoms with E-state index >= 15 is 0 Å². The summed E-state index contributed by atoms with van der Waals surface area (Å²) in [6.45, 7) is 12.4. The van der Waals surface area contributed by atoms with Crippen molar-refractivity contribution < 1.29 is 29.1 Å². The van der Waals surface area contributed by atoms with E-state index in [1.165, 1.54) is 7.11 Å². The first kappa shape index (κ1) is 18.3. The molecule has 0 rings (SSSR count). The topological polar surface area (TPSA) is 63.2 Å². The lowest BCUT2D eigenvalue weighted by atomic mass is 10.2. The molecule has 6 nitrogen and oxygen atoms in total. The highest BCUT2D eigenvalue weighted by atomic mass is 17.3. The molecule has 0 spiro atoms. The van der Waals surface area contributed by atoms with Crippen molar-refractivity contribution in [2.24, 2.45) is 0 Å². The molecule has 0 unspecified atom stereocenters. The van der Waals surface area contributed by atoms with Crippen molar-refractivity contribution in [3.63, 3.8) is 0 Å². The number of rotatable bonds is 6. The van der Waals surface area contributed by atoms with Gasteiger partial charge in [0.05, 0.1) is 18.3 Å². The zero-order valence-electron chi connectivity index (χ0n) is 13.2. The predicted octanol–water partition coefficient (Wildman–Crippen LogP) is 2.76. The molecule has 0 fully saturated rings. The van der Waals surface area contributed by atoms with Gasteiger partial charge in [-0.1, -0.05) is 0 Å². The van der Waals surface area contributed by atoms with E-state index in [-0.39, 0.29) is 6.42 Å². The number of esters is 1. The van der Waals surface area contributed by atoms with Crippen molar-refractivity contribution >= 4 is 5.97 Å². The first-order valence-corrected chi connectivity index (χ1v) is 6.17. The molecule has 0 radical (unpaired) electrons. The first-order valence-electron chi connectivity index (χ1n) is 6.17. The third-order valence-electron chi connectivity index (χ3n) is 1.63. The van der Waals surface area contributed by atoms with Gasteiger partial charge < -0.3 is 4.74 Å². The number of methoxy groups -OCH3 is 1. The lowest BCUT2D eigenvalue weighted by Gasteiger charge is -2.31. The van der Waals surface area contributed by atoms with Gasteiger partial charge in [0.15, 0.2) is 0 Å². The third kappa shape index (κ3) is 9.84. The Balaban J connectivity index is 4.66. The van der Waals surface area contributed by atoms with Crippen LogP contribution in [0.25, 0.3) is 0 Å². The maximum absolute atomic E-state index is 11.4. The van der Waals surface area contributed by atoms with Crippen LogP contribution >= 0.6 is 0 Å². The number of hydrogen-bond acceptors (Lipinski definition) is 6. The van der Waals surface area contributed by atoms with Crippen LogP contribution in [-0.4, -0.2) is 30.1 Å². The Labute approximate surface area is 115 Å². The molecule has 0 aromatic rings. The van der Waals surface area contributed by atoms with Crippen LogP contribution < -0.4 is 0 Å². The van der Waals surface area contributed by atoms with E-state index < -0.39 is 23.0 Å². The fourth-order valence-electron chi connectivity index (χ4n) is 0.833. The van der Waals surface area contributed by atoms with Gasteiger partial charge in [-0.3, -0.25) is 4.79 Å². The lowest BCUT2D eigenvalue weighted by Crippen LogP contribution is -2.40. The molecule has 0 aliphatic heterocycles. The van der Waals surface area contributed by atoms with Crippen molar-refractivity contribution in [2.45, 2.75) is 71.9 Å². The monoisotopic (exact) mass is 278 g/mol. The summed E-state index contributed by atoms with van der Waals surface area (Å²) in [5, 5.41) is 0. The summed E-state index contributed by atoms with van der Waals surface area (Å²) >= 11 is 0. The Kier molecular flexibility index (Phi) is 6.41. The second-order valence-electron chi connectivity index (χ2n) is 6.44. The summed E-state index contributed by atoms with van der Waals surface area (Å²) in [4.78, 5) is 32.2. The van der Waals surface area contributed by atoms with Gasteiger partial charge in [-0.25, -0.2) is 9.78 Å². The number of carbonyl (C=O) groups excluding carboxylic acids is 1. The van der Waals surface area contributed by atoms with Crippen LogP contribution in [0.1, 0.15) is 54.9 Å². The molecule has 0 heterocycles. The third-order valence-corrected chi connectivity index (χ3v) is 1.63. The summed E-state index contributed by atoms with van der Waals surface area (Å²) < 4.78 is 4.60. The van der Waals surface area contributed by atoms with Crippen LogP contribution in [0.2, 0.25) is 0 Å². The molecule has 19 heavy (non-hydrogen) atoms. The first-order chi connectivity index (χ1) is 8.37. The fourth-order valence-corrected chi connectivity index (χ4v) is 0.833. The Morgan fingerprint density at radius 3 is 1.42 bits per heavy atom. The second kappa shape index (κ2) is 6.65. The van der Waals surface area contributed by atoms with Crippen molar-refractivity contribution in [2.75, 3.05) is 7.11 Å². The smallest absolute Gasteiger partial charge is 0.311 e. The maximum atomic E-state index is 11.4. The van der Waals surface area contributed by atoms with Gasteiger partial charge in [0.1, 0.15) is 6.42 Å². The number of ether oxygens (including phenoxy) is 1. The van der Waals surface area contributed by atoms with Crippen molar-refractivity contribution in [1.82, 2.24) is 0 Å². The normalized spacial score (nSPS) is 13.5. The van der Waals surface area contributed by atoms with E-state index in [0.29, 0.717) is 0 Å². The Hall–Kier alpha value is -0.690. The predicted molar refractivity (Wildman–Crippen MR) is 68.9 cm³/mol. The van der Waals surface area contributed by atoms with E-state index in [9.17, 15) is 4.79 Å². The summed E-state index contributed by atoms with van der Waals surface area (Å²) in [7, 11) is 1.29. The van der Waals surface area contributed by atoms with Gasteiger partial charge in [0.2, 0.25) is 5.79 Å². The second-order valence-corrected chi connectivity index (χ2v) is 6.44. The molecule has 0 aliphatic rings. The van der Waals surface area contributed by atoms with Crippen molar-refractivity contribution in [3.8, 4) is 0 Å². The molecule has 0 saturated heterocycles. The van der Waals surface area contributed by atoms with Crippen LogP contribution in [0.5, 0.6) is 0 Å². The summed E-state index contributed by atoms with van der Waals surface area (Å²) in [6, 6.07) is 0. The van der Waals surface area contributed by atoms with Crippen LogP contribution in [0.3, 0.4) is 0 Å². The molecule has 0 aromatic carbocycles. The minimum atomic E-state index is -1.38. The number of hydrogen-bond donors (Lipinski definition) is 0. The standard InChI is InChI=1S/C13H26O6/c1-11(2,3)16-18-13(7,9-10(14)15-8)19-17-12(4,5)6/h9H2,1-8H3. The molecule has 0 aromatic heterocycles. The minimum Gasteiger partial charge on any atom is -0.469 e. The van der Waals surface area contributed by atoms with Gasteiger partial charge in [-0.15, -0.1) is 0 Å². The molecule has 0 aliphatic carbocycles. The highest BCUT2D eigenvalue weighted by Gasteiger charge is 2.36. The molecule has 0 bridgehead atoms. The molecule has 114 valence electrons. The lowest BCUT2D eigenvalue weighted by molar-refractivity contribution is -0.535. The molecular weight excluding hydrogens is 252 g/mol. The quantitative estimate of drug-likeness (QED) is 0.322. The van der Waals surface area contributed by atoms with Gasteiger partial charge in [0, 0.05) is 0 Å². The Morgan fingerprint density at radius 2 is 1.16 bits per heavy atom. The minimum absolute atomic E-state index is 0.157. The summed E-state index contributed by atoms with van der Waals surface area (Å²) in [5.74, 6) is -1.87. The van der Waals surface area contributed by atoms with Crippen molar-refractivity contribution in [1.29, 1.82) is 0 Å². The van der Waals surface area contributed by atoms with Crippen LogP contribution in [0.15, 0.2) is 0 Å². The molecule has 0 saturated carbocycles. The number of carbonyl (C=O) groups is 1. The van der Waals surface area contributed by atoms with Gasteiger partial charge in [-0.05, 0) is 48.5 Å². The zero-order valence-corrected chi connectivity index (χ0v) is 13.2. The van der Waals surface area contributed by atoms with Crippen molar-refractivity contribution in [3.05, 3.63) is 0 Å². The maximum Gasteiger partial charge on any atom is 0.311 e. The average molecular weight is 278 g/mol. The molecule has 0 amide bonds. The summed E-state index contributed by atoms with van der Waals surface area (Å²) in [5.41, 5.74) is -1.08. The van der Waals surface area contributed by atoms with Gasteiger partial charge in [-0.2, -0.15) is 9.78 Å². The average Bonchev–Trinajstić information content (AvgIpc) is 2.22. The zero-order chi connectivity index (χ0) is 15.3. The molecule has 0 atom stereocenters. The molecular formula is C13H26O6. The van der Waals surface area contributed by atoms with Gasteiger partial charge >= 0.3 is 5.97 Å². The van der Waals surface area contributed by atoms with Crippen LogP contribution in [0.4, 0.5) is 0 Å². The van der Waals surface area contributed by atoms with E-state index in [2.05, 4.69) is 4.74 Å². The molecule has 0 N–H and O–H groups in total. The highest BCUT2D eigenvalue weighted by Crippen LogP contribution is 2.24. The van der Waals surface area contributed by atoms with E-state index in [0.717, 1.165) is 0 Å². The van der Waals surface area contributed by atoms with Crippen LogP contribution in [-0.2, 0) is 29.1 Å². The largest absolute Gasteiger partial charge is 0.469 e. The van der Waals surface area contributed by atoms with E-state index in [4.69, 9.17) is 19.6 Å². The SMILES string of the molecule is COC(=O)CC(C)(OOC(C)(C)C)OOC(C)(C)C. The van der Waals surface area contributed by atoms with Crippen LogP contribution in [0, 0.1) is 0 Å². The highest BCUT2D eigenvalue weighted by molar-refractivity contribution is 5.70. The molecule has 6 heteroatoms. The summed E-state index contributed by atoms with van der Waals surface area (Å²) in [6.07, 6.45) is -0.157. The van der Waals surface area contributed by atoms with E-state index in [1.807, 2.05) is 41.5 Å². The Bertz CT molecular complexity index is 268. The Morgan fingerprint density at radius 1 is 0.789 bits per heavy atom. The van der Waals surface area contributed by atoms with E-state index in [1.54, 1.807) is 6.92 Å².